The molecule has 134 valence electrons. The van der Waals surface area contributed by atoms with Crippen molar-refractivity contribution in [3.05, 3.63) is 22.4 Å². The molecule has 24 heavy (non-hydrogen) atoms. The average molecular weight is 353 g/mol. The Morgan fingerprint density at radius 3 is 2.33 bits per heavy atom. The van der Waals surface area contributed by atoms with Gasteiger partial charge in [0.05, 0.1) is 0 Å². The molecular weight excluding hydrogens is 324 g/mol. The van der Waals surface area contributed by atoms with Crippen molar-refractivity contribution in [2.75, 3.05) is 7.05 Å². The van der Waals surface area contributed by atoms with Crippen LogP contribution in [0.1, 0.15) is 46.4 Å². The van der Waals surface area contributed by atoms with Gasteiger partial charge in [-0.25, -0.2) is 4.79 Å². The highest BCUT2D eigenvalue weighted by molar-refractivity contribution is 7.09. The zero-order valence-corrected chi connectivity index (χ0v) is 16.4. The van der Waals surface area contributed by atoms with Crippen LogP contribution in [0.2, 0.25) is 0 Å². The Morgan fingerprint density at radius 1 is 1.25 bits per heavy atom. The lowest BCUT2D eigenvalue weighted by Gasteiger charge is -2.39. The monoisotopic (exact) mass is 352 g/mol. The third-order valence-electron chi connectivity index (χ3n) is 3.95. The second kappa shape index (κ2) is 6.39. The van der Waals surface area contributed by atoms with Gasteiger partial charge in [0.25, 0.3) is 0 Å². The van der Waals surface area contributed by atoms with Crippen LogP contribution < -0.4 is 0 Å². The predicted molar refractivity (Wildman–Crippen MR) is 95.9 cm³/mol. The molecule has 0 bridgehead atoms. The maximum atomic E-state index is 12.9. The molecule has 1 fully saturated rings. The van der Waals surface area contributed by atoms with Crippen LogP contribution in [-0.2, 0) is 16.0 Å². The summed E-state index contributed by atoms with van der Waals surface area (Å²) in [6.45, 7) is 11.6. The first kappa shape index (κ1) is 18.8. The van der Waals surface area contributed by atoms with Crippen LogP contribution in [-0.4, -0.2) is 46.7 Å². The third-order valence-corrected chi connectivity index (χ3v) is 4.85. The summed E-state index contributed by atoms with van der Waals surface area (Å²) >= 11 is 1.60. The topological polar surface area (TPSA) is 49.9 Å². The first-order valence-corrected chi connectivity index (χ1v) is 9.10. The Balaban J connectivity index is 2.38. The minimum atomic E-state index is -0.600. The van der Waals surface area contributed by atoms with E-state index in [0.29, 0.717) is 6.42 Å². The Morgan fingerprint density at radius 2 is 1.88 bits per heavy atom. The van der Waals surface area contributed by atoms with Gasteiger partial charge in [0, 0.05) is 23.8 Å². The second-order valence-electron chi connectivity index (χ2n) is 8.38. The number of thiophene rings is 1. The first-order valence-electron chi connectivity index (χ1n) is 8.22. The van der Waals surface area contributed by atoms with Crippen molar-refractivity contribution in [2.24, 2.45) is 5.41 Å². The van der Waals surface area contributed by atoms with E-state index in [1.54, 1.807) is 28.2 Å². The van der Waals surface area contributed by atoms with Gasteiger partial charge in [-0.05, 0) is 32.2 Å². The Kier molecular flexibility index (Phi) is 5.00. The summed E-state index contributed by atoms with van der Waals surface area (Å²) in [4.78, 5) is 30.1. The zero-order chi connectivity index (χ0) is 18.3. The molecule has 2 unspecified atom stereocenters. The highest BCUT2D eigenvalue weighted by Crippen LogP contribution is 2.36. The van der Waals surface area contributed by atoms with Crippen molar-refractivity contribution in [1.29, 1.82) is 0 Å². The van der Waals surface area contributed by atoms with Crippen LogP contribution >= 0.6 is 11.3 Å². The molecule has 0 radical (unpaired) electrons. The molecule has 5 nitrogen and oxygen atoms in total. The fourth-order valence-electron chi connectivity index (χ4n) is 3.18. The molecular formula is C18H28N2O3S. The molecule has 0 N–H and O–H groups in total. The molecule has 1 aromatic heterocycles. The zero-order valence-electron chi connectivity index (χ0n) is 15.6. The van der Waals surface area contributed by atoms with Gasteiger partial charge >= 0.3 is 6.09 Å². The van der Waals surface area contributed by atoms with Crippen molar-refractivity contribution < 1.29 is 14.3 Å². The summed E-state index contributed by atoms with van der Waals surface area (Å²) in [7, 11) is 1.77. The van der Waals surface area contributed by atoms with Crippen molar-refractivity contribution in [3.63, 3.8) is 0 Å². The summed E-state index contributed by atoms with van der Waals surface area (Å²) < 4.78 is 5.60. The number of ether oxygens (including phenoxy) is 1. The van der Waals surface area contributed by atoms with E-state index in [9.17, 15) is 9.59 Å². The number of carbonyl (C=O) groups is 2. The molecule has 1 saturated heterocycles. The number of nitrogens with zero attached hydrogens (tertiary/aromatic N) is 2. The van der Waals surface area contributed by atoms with E-state index in [1.807, 2.05) is 59.1 Å². The van der Waals surface area contributed by atoms with Gasteiger partial charge in [-0.1, -0.05) is 26.8 Å². The number of carbonyl (C=O) groups excluding carboxylic acids is 2. The maximum absolute atomic E-state index is 12.9. The number of amides is 2. The van der Waals surface area contributed by atoms with E-state index in [0.717, 1.165) is 4.88 Å². The van der Waals surface area contributed by atoms with Crippen LogP contribution in [0, 0.1) is 5.41 Å². The first-order chi connectivity index (χ1) is 10.9. The van der Waals surface area contributed by atoms with Crippen LogP contribution in [0.4, 0.5) is 4.79 Å². The van der Waals surface area contributed by atoms with E-state index in [2.05, 4.69) is 0 Å². The van der Waals surface area contributed by atoms with E-state index in [-0.39, 0.29) is 17.5 Å². The van der Waals surface area contributed by atoms with Crippen molar-refractivity contribution in [3.8, 4) is 0 Å². The Bertz CT molecular complexity index is 599. The highest BCUT2D eigenvalue weighted by atomic mass is 32.1. The highest BCUT2D eigenvalue weighted by Gasteiger charge is 2.52. The summed E-state index contributed by atoms with van der Waals surface area (Å²) in [5.74, 6) is -0.0332. The minimum absolute atomic E-state index is 0.0332. The van der Waals surface area contributed by atoms with Crippen molar-refractivity contribution in [2.45, 2.75) is 65.8 Å². The quantitative estimate of drug-likeness (QED) is 0.815. The normalized spacial score (nSPS) is 22.2. The number of hydrogen-bond donors (Lipinski definition) is 0. The lowest BCUT2D eigenvalue weighted by molar-refractivity contribution is -0.129. The van der Waals surface area contributed by atoms with Gasteiger partial charge in [-0.3, -0.25) is 9.69 Å². The fourth-order valence-corrected chi connectivity index (χ4v) is 3.92. The Hall–Kier alpha value is -1.56. The number of hydrogen-bond acceptors (Lipinski definition) is 4. The summed E-state index contributed by atoms with van der Waals surface area (Å²) in [5, 5.41) is 1.98. The smallest absolute Gasteiger partial charge is 0.412 e. The van der Waals surface area contributed by atoms with E-state index >= 15 is 0 Å². The van der Waals surface area contributed by atoms with E-state index < -0.39 is 17.7 Å². The maximum Gasteiger partial charge on any atom is 0.412 e. The average Bonchev–Trinajstić information content (AvgIpc) is 2.98. The van der Waals surface area contributed by atoms with Gasteiger partial charge in [0.1, 0.15) is 17.8 Å². The number of likely N-dealkylation sites (N-methyl/N-ethyl adjacent to an activating group) is 1. The summed E-state index contributed by atoms with van der Waals surface area (Å²) in [6.07, 6.45) is -0.237. The predicted octanol–water partition coefficient (Wildman–Crippen LogP) is 3.74. The van der Waals surface area contributed by atoms with Crippen LogP contribution in [0.3, 0.4) is 0 Å². The van der Waals surface area contributed by atoms with Crippen LogP contribution in [0.15, 0.2) is 17.5 Å². The molecule has 0 aliphatic carbocycles. The van der Waals surface area contributed by atoms with Gasteiger partial charge in [0.2, 0.25) is 5.91 Å². The third kappa shape index (κ3) is 3.91. The molecule has 2 heterocycles. The van der Waals surface area contributed by atoms with E-state index in [4.69, 9.17) is 4.74 Å². The van der Waals surface area contributed by atoms with Crippen molar-refractivity contribution in [1.82, 2.24) is 9.80 Å². The lowest BCUT2D eigenvalue weighted by Crippen LogP contribution is -2.52. The summed E-state index contributed by atoms with van der Waals surface area (Å²) in [6, 6.07) is 3.44. The SMILES string of the molecule is CN1C(=O)C(Cc2cccs2)N(C(=O)OC(C)(C)C)C1C(C)(C)C. The molecule has 1 aliphatic heterocycles. The minimum Gasteiger partial charge on any atom is -0.444 e. The van der Waals surface area contributed by atoms with Gasteiger partial charge in [-0.2, -0.15) is 0 Å². The molecule has 0 saturated carbocycles. The number of rotatable bonds is 2. The molecule has 0 aromatic carbocycles. The molecule has 6 heteroatoms. The molecule has 0 spiro atoms. The molecule has 2 amide bonds. The summed E-state index contributed by atoms with van der Waals surface area (Å²) in [5.41, 5.74) is -0.872. The molecule has 1 aromatic rings. The molecule has 2 rings (SSSR count). The largest absolute Gasteiger partial charge is 0.444 e. The van der Waals surface area contributed by atoms with Crippen LogP contribution in [0.5, 0.6) is 0 Å². The van der Waals surface area contributed by atoms with Gasteiger partial charge in [-0.15, -0.1) is 11.3 Å². The van der Waals surface area contributed by atoms with Crippen molar-refractivity contribution >= 4 is 23.3 Å². The van der Waals surface area contributed by atoms with Gasteiger partial charge < -0.3 is 9.64 Å². The second-order valence-corrected chi connectivity index (χ2v) is 9.41. The standard InChI is InChI=1S/C18H28N2O3S/c1-17(2,3)15-19(7)14(21)13(11-12-9-8-10-24-12)20(15)16(22)23-18(4,5)6/h8-10,13,15H,11H2,1-7H3. The molecule has 2 atom stereocenters. The van der Waals surface area contributed by atoms with E-state index in [1.165, 1.54) is 0 Å². The fraction of sp³-hybridized carbons (Fsp3) is 0.667. The van der Waals surface area contributed by atoms with Gasteiger partial charge in [0.15, 0.2) is 0 Å². The lowest BCUT2D eigenvalue weighted by atomic mass is 9.91. The Labute approximate surface area is 148 Å². The molecule has 1 aliphatic rings. The van der Waals surface area contributed by atoms with Crippen LogP contribution in [0.25, 0.3) is 0 Å².